The van der Waals surface area contributed by atoms with Gasteiger partial charge in [0.15, 0.2) is 0 Å². The van der Waals surface area contributed by atoms with E-state index in [1.807, 2.05) is 24.3 Å². The van der Waals surface area contributed by atoms with Crippen LogP contribution in [0.2, 0.25) is 0 Å². The molecule has 0 bridgehead atoms. The fraction of sp³-hybridized carbons (Fsp3) is 0.440. The van der Waals surface area contributed by atoms with Gasteiger partial charge in [-0.2, -0.15) is 0 Å². The Labute approximate surface area is 204 Å². The smallest absolute Gasteiger partial charge is 0.338 e. The maximum absolute atomic E-state index is 12.8. The van der Waals surface area contributed by atoms with Crippen LogP contribution in [0.5, 0.6) is 0 Å². The number of halogens is 2. The number of esters is 2. The molecule has 3 fully saturated rings. The molecule has 1 aliphatic heterocycles. The number of rotatable bonds is 4. The van der Waals surface area contributed by atoms with Gasteiger partial charge in [0.1, 0.15) is 17.8 Å². The normalized spacial score (nSPS) is 32.9. The molecule has 1 saturated heterocycles. The number of ether oxygens (including phenoxy) is 3. The van der Waals surface area contributed by atoms with Gasteiger partial charge in [0.2, 0.25) is 0 Å². The molecule has 5 atom stereocenters. The Balaban J connectivity index is 1.29. The van der Waals surface area contributed by atoms with E-state index in [9.17, 15) is 9.59 Å². The lowest BCUT2D eigenvalue weighted by atomic mass is 9.62. The third kappa shape index (κ3) is 3.82. The lowest BCUT2D eigenvalue weighted by Crippen LogP contribution is -2.53. The Kier molecular flexibility index (Phi) is 5.71. The van der Waals surface area contributed by atoms with Crippen LogP contribution in [-0.2, 0) is 14.2 Å². The first-order valence-electron chi connectivity index (χ1n) is 10.9. The second-order valence-electron chi connectivity index (χ2n) is 9.22. The van der Waals surface area contributed by atoms with Crippen LogP contribution in [0.4, 0.5) is 0 Å². The minimum Gasteiger partial charge on any atom is -0.458 e. The van der Waals surface area contributed by atoms with Gasteiger partial charge in [-0.05, 0) is 74.2 Å². The average molecular weight is 564 g/mol. The Morgan fingerprint density at radius 2 is 1.34 bits per heavy atom. The second kappa shape index (κ2) is 8.26. The van der Waals surface area contributed by atoms with E-state index in [1.54, 1.807) is 24.3 Å². The highest BCUT2D eigenvalue weighted by Gasteiger charge is 2.70. The molecule has 2 aromatic rings. The molecule has 1 spiro atoms. The Bertz CT molecular complexity index is 974. The predicted molar refractivity (Wildman–Crippen MR) is 125 cm³/mol. The molecular formula is C25H24Br2O5. The van der Waals surface area contributed by atoms with E-state index in [1.165, 1.54) is 0 Å². The molecule has 32 heavy (non-hydrogen) atoms. The summed E-state index contributed by atoms with van der Waals surface area (Å²) in [6, 6.07) is 14.4. The standard InChI is InChI=1S/C25H24Br2O5/c1-24-13-12-21(32-23(29)16-4-8-18(27)9-5-16)25(14-30-25)19(24)10-11-20(24)31-22(28)15-2-6-17(26)7-3-15/h2-9,19-21H,10-14H2,1H3/t19-,20+,21+,24+,25+/m1/s1. The molecule has 7 heteroatoms. The lowest BCUT2D eigenvalue weighted by Gasteiger charge is -2.46. The van der Waals surface area contributed by atoms with Crippen molar-refractivity contribution in [1.82, 2.24) is 0 Å². The molecule has 0 aromatic heterocycles. The van der Waals surface area contributed by atoms with Gasteiger partial charge >= 0.3 is 11.9 Å². The molecule has 2 saturated carbocycles. The fourth-order valence-corrected chi connectivity index (χ4v) is 6.17. The Morgan fingerprint density at radius 1 is 0.844 bits per heavy atom. The maximum Gasteiger partial charge on any atom is 0.338 e. The molecule has 2 aromatic carbocycles. The summed E-state index contributed by atoms with van der Waals surface area (Å²) in [4.78, 5) is 25.5. The molecular weight excluding hydrogens is 540 g/mol. The minimum absolute atomic E-state index is 0.173. The van der Waals surface area contributed by atoms with Crippen LogP contribution in [0.1, 0.15) is 53.3 Å². The Morgan fingerprint density at radius 3 is 1.84 bits per heavy atom. The van der Waals surface area contributed by atoms with E-state index in [0.29, 0.717) is 24.2 Å². The van der Waals surface area contributed by atoms with E-state index in [0.717, 1.165) is 28.2 Å². The first kappa shape index (κ1) is 22.1. The zero-order valence-corrected chi connectivity index (χ0v) is 20.9. The summed E-state index contributed by atoms with van der Waals surface area (Å²) >= 11 is 6.78. The fourth-order valence-electron chi connectivity index (χ4n) is 5.64. The van der Waals surface area contributed by atoms with E-state index < -0.39 is 5.60 Å². The highest BCUT2D eigenvalue weighted by Crippen LogP contribution is 2.62. The summed E-state index contributed by atoms with van der Waals surface area (Å²) in [7, 11) is 0. The zero-order chi connectivity index (χ0) is 22.5. The molecule has 2 aliphatic carbocycles. The van der Waals surface area contributed by atoms with Gasteiger partial charge in [0.05, 0.1) is 17.7 Å². The SMILES string of the molecule is C[C@]12CC[C@H](OC(=O)c3ccc(Br)cc3)[C@]3(CO3)[C@@H]1CC[C@@H]2OC(=O)c1ccc(Br)cc1. The summed E-state index contributed by atoms with van der Waals surface area (Å²) in [6.07, 6.45) is 2.75. The third-order valence-corrected chi connectivity index (χ3v) is 8.52. The maximum atomic E-state index is 12.8. The number of fused-ring (bicyclic) bond motifs is 2. The van der Waals surface area contributed by atoms with Crippen LogP contribution in [0.15, 0.2) is 57.5 Å². The third-order valence-electron chi connectivity index (χ3n) is 7.47. The van der Waals surface area contributed by atoms with Crippen molar-refractivity contribution in [2.45, 2.75) is 50.4 Å². The van der Waals surface area contributed by atoms with Crippen molar-refractivity contribution in [2.75, 3.05) is 6.61 Å². The van der Waals surface area contributed by atoms with Gasteiger partial charge in [-0.25, -0.2) is 9.59 Å². The molecule has 0 N–H and O–H groups in total. The number of carbonyl (C=O) groups excluding carboxylic acids is 2. The molecule has 0 amide bonds. The highest BCUT2D eigenvalue weighted by atomic mass is 79.9. The largest absolute Gasteiger partial charge is 0.458 e. The first-order chi connectivity index (χ1) is 15.3. The van der Waals surface area contributed by atoms with Crippen molar-refractivity contribution in [2.24, 2.45) is 11.3 Å². The molecule has 0 unspecified atom stereocenters. The summed E-state index contributed by atoms with van der Waals surface area (Å²) < 4.78 is 19.8. The molecule has 1 heterocycles. The van der Waals surface area contributed by atoms with Crippen molar-refractivity contribution in [3.63, 3.8) is 0 Å². The quantitative estimate of drug-likeness (QED) is 0.340. The van der Waals surface area contributed by atoms with Gasteiger partial charge in [-0.3, -0.25) is 0 Å². The van der Waals surface area contributed by atoms with Crippen molar-refractivity contribution in [3.8, 4) is 0 Å². The Hall–Kier alpha value is -1.70. The number of hydrogen-bond donors (Lipinski definition) is 0. The van der Waals surface area contributed by atoms with Crippen LogP contribution in [0.25, 0.3) is 0 Å². The number of carbonyl (C=O) groups is 2. The van der Waals surface area contributed by atoms with Crippen molar-refractivity contribution < 1.29 is 23.8 Å². The van der Waals surface area contributed by atoms with Crippen LogP contribution in [0.3, 0.4) is 0 Å². The molecule has 0 radical (unpaired) electrons. The number of epoxide rings is 1. The number of benzene rings is 2. The van der Waals surface area contributed by atoms with E-state index in [-0.39, 0.29) is 35.5 Å². The highest BCUT2D eigenvalue weighted by molar-refractivity contribution is 9.10. The van der Waals surface area contributed by atoms with E-state index in [4.69, 9.17) is 14.2 Å². The van der Waals surface area contributed by atoms with Crippen LogP contribution in [-0.4, -0.2) is 36.4 Å². The lowest BCUT2D eigenvalue weighted by molar-refractivity contribution is -0.0917. The van der Waals surface area contributed by atoms with Gasteiger partial charge < -0.3 is 14.2 Å². The summed E-state index contributed by atoms with van der Waals surface area (Å²) in [6.45, 7) is 2.78. The van der Waals surface area contributed by atoms with Gasteiger partial charge in [-0.15, -0.1) is 0 Å². The van der Waals surface area contributed by atoms with E-state index in [2.05, 4.69) is 38.8 Å². The molecule has 5 rings (SSSR count). The molecule has 5 nitrogen and oxygen atoms in total. The first-order valence-corrected chi connectivity index (χ1v) is 12.5. The topological polar surface area (TPSA) is 65.1 Å². The van der Waals surface area contributed by atoms with Crippen LogP contribution >= 0.6 is 31.9 Å². The van der Waals surface area contributed by atoms with Gasteiger partial charge in [0, 0.05) is 20.3 Å². The van der Waals surface area contributed by atoms with Crippen molar-refractivity contribution in [3.05, 3.63) is 68.6 Å². The zero-order valence-electron chi connectivity index (χ0n) is 17.7. The van der Waals surface area contributed by atoms with Gasteiger partial charge in [-0.1, -0.05) is 38.8 Å². The van der Waals surface area contributed by atoms with Crippen molar-refractivity contribution in [1.29, 1.82) is 0 Å². The van der Waals surface area contributed by atoms with Gasteiger partial charge in [0.25, 0.3) is 0 Å². The summed E-state index contributed by atoms with van der Waals surface area (Å²) in [5.74, 6) is -0.426. The predicted octanol–water partition coefficient (Wildman–Crippen LogP) is 5.94. The molecule has 3 aliphatic rings. The van der Waals surface area contributed by atoms with Crippen LogP contribution < -0.4 is 0 Å². The monoisotopic (exact) mass is 562 g/mol. The average Bonchev–Trinajstić information content (AvgIpc) is 3.49. The summed E-state index contributed by atoms with van der Waals surface area (Å²) in [5.41, 5.74) is 0.429. The number of hydrogen-bond acceptors (Lipinski definition) is 5. The van der Waals surface area contributed by atoms with E-state index >= 15 is 0 Å². The minimum atomic E-state index is -0.462. The second-order valence-corrected chi connectivity index (χ2v) is 11.1. The van der Waals surface area contributed by atoms with Crippen molar-refractivity contribution >= 4 is 43.8 Å². The van der Waals surface area contributed by atoms with Crippen LogP contribution in [0, 0.1) is 11.3 Å². The summed E-state index contributed by atoms with van der Waals surface area (Å²) in [5, 5.41) is 0. The molecule has 168 valence electrons.